The van der Waals surface area contributed by atoms with Gasteiger partial charge < -0.3 is 4.42 Å². The van der Waals surface area contributed by atoms with Crippen molar-refractivity contribution in [1.29, 1.82) is 0 Å². The van der Waals surface area contributed by atoms with Crippen LogP contribution >= 0.6 is 0 Å². The standard InChI is InChI=1S/C9H11NO2/c1-2-9-10-7-4-3-6(11)5-8(7)12-9/h2-5H2,1H3. The highest BCUT2D eigenvalue weighted by Gasteiger charge is 2.20. The third kappa shape index (κ3) is 1.15. The Morgan fingerprint density at radius 2 is 2.33 bits per heavy atom. The summed E-state index contributed by atoms with van der Waals surface area (Å²) in [6.07, 6.45) is 2.64. The van der Waals surface area contributed by atoms with Crippen molar-refractivity contribution in [3.8, 4) is 0 Å². The van der Waals surface area contributed by atoms with Crippen molar-refractivity contribution in [2.45, 2.75) is 32.6 Å². The molecule has 2 rings (SSSR count). The number of oxazole rings is 1. The maximum absolute atomic E-state index is 11.0. The van der Waals surface area contributed by atoms with E-state index in [2.05, 4.69) is 4.98 Å². The fourth-order valence-corrected chi connectivity index (χ4v) is 1.45. The Morgan fingerprint density at radius 3 is 3.08 bits per heavy atom. The summed E-state index contributed by atoms with van der Waals surface area (Å²) in [5.41, 5.74) is 0.992. The highest BCUT2D eigenvalue weighted by atomic mass is 16.4. The van der Waals surface area contributed by atoms with Gasteiger partial charge in [-0.25, -0.2) is 4.98 Å². The summed E-state index contributed by atoms with van der Waals surface area (Å²) in [4.78, 5) is 15.3. The van der Waals surface area contributed by atoms with E-state index in [0.29, 0.717) is 12.8 Å². The molecule has 1 aromatic rings. The second-order valence-corrected chi connectivity index (χ2v) is 3.05. The molecule has 0 spiro atoms. The summed E-state index contributed by atoms with van der Waals surface area (Å²) in [6, 6.07) is 0. The molecule has 0 aromatic carbocycles. The Hall–Kier alpha value is -1.12. The predicted molar refractivity (Wildman–Crippen MR) is 42.9 cm³/mol. The highest BCUT2D eigenvalue weighted by molar-refractivity contribution is 5.82. The molecule has 1 aliphatic carbocycles. The van der Waals surface area contributed by atoms with Gasteiger partial charge in [0.05, 0.1) is 12.1 Å². The number of hydrogen-bond acceptors (Lipinski definition) is 3. The van der Waals surface area contributed by atoms with Gasteiger partial charge in [0.2, 0.25) is 0 Å². The van der Waals surface area contributed by atoms with Crippen LogP contribution in [0.1, 0.15) is 30.7 Å². The highest BCUT2D eigenvalue weighted by Crippen LogP contribution is 2.19. The lowest BCUT2D eigenvalue weighted by atomic mass is 10.0. The van der Waals surface area contributed by atoms with E-state index in [9.17, 15) is 4.79 Å². The van der Waals surface area contributed by atoms with E-state index in [-0.39, 0.29) is 5.78 Å². The van der Waals surface area contributed by atoms with Gasteiger partial charge in [0, 0.05) is 19.3 Å². The van der Waals surface area contributed by atoms with E-state index >= 15 is 0 Å². The van der Waals surface area contributed by atoms with Gasteiger partial charge in [-0.15, -0.1) is 0 Å². The maximum atomic E-state index is 11.0. The number of aryl methyl sites for hydroxylation is 2. The molecule has 3 nitrogen and oxygen atoms in total. The first-order valence-electron chi connectivity index (χ1n) is 4.28. The number of rotatable bonds is 1. The molecule has 0 aliphatic heterocycles. The van der Waals surface area contributed by atoms with Crippen LogP contribution in [0.5, 0.6) is 0 Å². The Morgan fingerprint density at radius 1 is 1.50 bits per heavy atom. The average Bonchev–Trinajstić information content (AvgIpc) is 2.46. The lowest BCUT2D eigenvalue weighted by Crippen LogP contribution is -2.11. The molecule has 0 bridgehead atoms. The van der Waals surface area contributed by atoms with Gasteiger partial charge in [0.25, 0.3) is 0 Å². The van der Waals surface area contributed by atoms with E-state index < -0.39 is 0 Å². The molecule has 1 aliphatic rings. The second kappa shape index (κ2) is 2.73. The van der Waals surface area contributed by atoms with E-state index in [1.54, 1.807) is 0 Å². The molecule has 0 amide bonds. The van der Waals surface area contributed by atoms with E-state index in [4.69, 9.17) is 4.42 Å². The molecular weight excluding hydrogens is 154 g/mol. The SMILES string of the molecule is CCc1nc2c(o1)CC(=O)CC2. The number of carbonyl (C=O) groups excluding carboxylic acids is 1. The summed E-state index contributed by atoms with van der Waals surface area (Å²) in [6.45, 7) is 2.00. The minimum Gasteiger partial charge on any atom is -0.445 e. The predicted octanol–water partition coefficient (Wildman–Crippen LogP) is 1.29. The first kappa shape index (κ1) is 7.53. The first-order valence-corrected chi connectivity index (χ1v) is 4.28. The molecule has 3 heteroatoms. The molecule has 0 radical (unpaired) electrons. The number of carbonyl (C=O) groups is 1. The summed E-state index contributed by atoms with van der Waals surface area (Å²) >= 11 is 0. The van der Waals surface area contributed by atoms with Crippen LogP contribution in [0, 0.1) is 0 Å². The van der Waals surface area contributed by atoms with Gasteiger partial charge in [-0.2, -0.15) is 0 Å². The van der Waals surface area contributed by atoms with Crippen molar-refractivity contribution in [3.63, 3.8) is 0 Å². The molecular formula is C9H11NO2. The van der Waals surface area contributed by atoms with Crippen LogP contribution < -0.4 is 0 Å². The molecule has 0 fully saturated rings. The van der Waals surface area contributed by atoms with E-state index in [1.165, 1.54) is 0 Å². The number of nitrogens with zero attached hydrogens (tertiary/aromatic N) is 1. The summed E-state index contributed by atoms with van der Waals surface area (Å²) < 4.78 is 5.39. The van der Waals surface area contributed by atoms with Gasteiger partial charge in [-0.1, -0.05) is 6.92 Å². The smallest absolute Gasteiger partial charge is 0.194 e. The van der Waals surface area contributed by atoms with Crippen LogP contribution in [-0.4, -0.2) is 10.8 Å². The first-order chi connectivity index (χ1) is 5.79. The van der Waals surface area contributed by atoms with Crippen LogP contribution in [0.15, 0.2) is 4.42 Å². The number of ketones is 1. The molecule has 12 heavy (non-hydrogen) atoms. The van der Waals surface area contributed by atoms with Crippen molar-refractivity contribution < 1.29 is 9.21 Å². The molecule has 0 unspecified atom stereocenters. The zero-order valence-electron chi connectivity index (χ0n) is 7.09. The van der Waals surface area contributed by atoms with Crippen LogP contribution in [0.25, 0.3) is 0 Å². The van der Waals surface area contributed by atoms with Crippen LogP contribution in [0.2, 0.25) is 0 Å². The average molecular weight is 165 g/mol. The van der Waals surface area contributed by atoms with Crippen molar-refractivity contribution in [2.24, 2.45) is 0 Å². The van der Waals surface area contributed by atoms with Crippen LogP contribution in [0.3, 0.4) is 0 Å². The second-order valence-electron chi connectivity index (χ2n) is 3.05. The molecule has 0 atom stereocenters. The van der Waals surface area contributed by atoms with Crippen LogP contribution in [-0.2, 0) is 24.1 Å². The number of Topliss-reactive ketones (excluding diaryl/α,β-unsaturated/α-hetero) is 1. The molecule has 1 heterocycles. The minimum atomic E-state index is 0.265. The molecule has 0 N–H and O–H groups in total. The Bertz CT molecular complexity index is 314. The van der Waals surface area contributed by atoms with Gasteiger partial charge in [0.15, 0.2) is 5.89 Å². The van der Waals surface area contributed by atoms with Crippen molar-refractivity contribution in [1.82, 2.24) is 4.98 Å². The molecule has 1 aromatic heterocycles. The van der Waals surface area contributed by atoms with Crippen molar-refractivity contribution in [2.75, 3.05) is 0 Å². The molecule has 0 saturated heterocycles. The minimum absolute atomic E-state index is 0.265. The van der Waals surface area contributed by atoms with Crippen LogP contribution in [0.4, 0.5) is 0 Å². The van der Waals surface area contributed by atoms with E-state index in [1.807, 2.05) is 6.92 Å². The number of hydrogen-bond donors (Lipinski definition) is 0. The van der Waals surface area contributed by atoms with Gasteiger partial charge in [0.1, 0.15) is 11.5 Å². The maximum Gasteiger partial charge on any atom is 0.194 e. The lowest BCUT2D eigenvalue weighted by molar-refractivity contribution is -0.119. The third-order valence-electron chi connectivity index (χ3n) is 2.12. The topological polar surface area (TPSA) is 43.1 Å². The Kier molecular flexibility index (Phi) is 1.71. The number of fused-ring (bicyclic) bond motifs is 1. The fourth-order valence-electron chi connectivity index (χ4n) is 1.45. The summed E-state index contributed by atoms with van der Waals surface area (Å²) in [7, 11) is 0. The summed E-state index contributed by atoms with van der Waals surface area (Å²) in [5.74, 6) is 1.82. The molecule has 64 valence electrons. The normalized spacial score (nSPS) is 16.2. The quantitative estimate of drug-likeness (QED) is 0.629. The monoisotopic (exact) mass is 165 g/mol. The molecule has 0 saturated carbocycles. The van der Waals surface area contributed by atoms with Gasteiger partial charge in [-0.3, -0.25) is 4.79 Å². The Labute approximate surface area is 70.8 Å². The van der Waals surface area contributed by atoms with Gasteiger partial charge in [-0.05, 0) is 0 Å². The van der Waals surface area contributed by atoms with Gasteiger partial charge >= 0.3 is 0 Å². The lowest BCUT2D eigenvalue weighted by Gasteiger charge is -2.05. The summed E-state index contributed by atoms with van der Waals surface area (Å²) in [5, 5.41) is 0. The zero-order chi connectivity index (χ0) is 8.55. The Balaban J connectivity index is 2.34. The van der Waals surface area contributed by atoms with Crippen molar-refractivity contribution in [3.05, 3.63) is 17.3 Å². The number of aromatic nitrogens is 1. The largest absolute Gasteiger partial charge is 0.445 e. The van der Waals surface area contributed by atoms with E-state index in [0.717, 1.165) is 30.2 Å². The fraction of sp³-hybridized carbons (Fsp3) is 0.556. The van der Waals surface area contributed by atoms with Crippen molar-refractivity contribution >= 4 is 5.78 Å². The third-order valence-corrected chi connectivity index (χ3v) is 2.12. The zero-order valence-corrected chi connectivity index (χ0v) is 7.09.